The Labute approximate surface area is 182 Å². The molecular weight excluding hydrogens is 392 g/mol. The zero-order chi connectivity index (χ0) is 22.2. The summed E-state index contributed by atoms with van der Waals surface area (Å²) in [5, 5.41) is 2.81. The van der Waals surface area contributed by atoms with Crippen LogP contribution in [0, 0.1) is 6.92 Å². The summed E-state index contributed by atoms with van der Waals surface area (Å²) in [6, 6.07) is 19.1. The van der Waals surface area contributed by atoms with Gasteiger partial charge in [-0.1, -0.05) is 36.4 Å². The van der Waals surface area contributed by atoms with Crippen LogP contribution in [0.2, 0.25) is 0 Å². The monoisotopic (exact) mass is 422 g/mol. The van der Waals surface area contributed by atoms with Gasteiger partial charge < -0.3 is 15.0 Å². The van der Waals surface area contributed by atoms with Crippen LogP contribution in [-0.4, -0.2) is 46.9 Å². The zero-order valence-corrected chi connectivity index (χ0v) is 18.4. The van der Waals surface area contributed by atoms with E-state index in [0.29, 0.717) is 31.0 Å². The van der Waals surface area contributed by atoms with E-state index in [2.05, 4.69) is 10.2 Å². The molecule has 0 bridgehead atoms. The van der Waals surface area contributed by atoms with Gasteiger partial charge >= 0.3 is 0 Å². The van der Waals surface area contributed by atoms with Gasteiger partial charge in [0.2, 0.25) is 5.91 Å². The van der Waals surface area contributed by atoms with E-state index in [0.717, 1.165) is 24.4 Å². The van der Waals surface area contributed by atoms with Crippen molar-refractivity contribution < 1.29 is 9.53 Å². The van der Waals surface area contributed by atoms with Crippen molar-refractivity contribution >= 4 is 11.6 Å². The van der Waals surface area contributed by atoms with Gasteiger partial charge in [-0.05, 0) is 44.7 Å². The molecule has 0 saturated carbocycles. The molecular formula is C24H30N4O3. The van der Waals surface area contributed by atoms with E-state index in [1.807, 2.05) is 81.7 Å². The fourth-order valence-electron chi connectivity index (χ4n) is 3.36. The van der Waals surface area contributed by atoms with E-state index in [1.54, 1.807) is 9.36 Å². The predicted molar refractivity (Wildman–Crippen MR) is 123 cm³/mol. The summed E-state index contributed by atoms with van der Waals surface area (Å²) < 4.78 is 9.01. The van der Waals surface area contributed by atoms with E-state index in [4.69, 9.17) is 4.74 Å². The molecule has 164 valence electrons. The van der Waals surface area contributed by atoms with Crippen LogP contribution in [0.3, 0.4) is 0 Å². The number of anilines is 1. The van der Waals surface area contributed by atoms with Crippen molar-refractivity contribution in [2.45, 2.75) is 19.8 Å². The summed E-state index contributed by atoms with van der Waals surface area (Å²) in [5.41, 5.74) is 1.57. The highest BCUT2D eigenvalue weighted by atomic mass is 16.5. The number of nitrogens with zero attached hydrogens (tertiary/aromatic N) is 3. The molecule has 0 atom stereocenters. The molecule has 0 radical (unpaired) electrons. The Bertz CT molecular complexity index is 1040. The van der Waals surface area contributed by atoms with Gasteiger partial charge in [-0.15, -0.1) is 0 Å². The van der Waals surface area contributed by atoms with Crippen molar-refractivity contribution in [2.75, 3.05) is 32.1 Å². The van der Waals surface area contributed by atoms with Crippen LogP contribution in [0.15, 0.2) is 65.5 Å². The van der Waals surface area contributed by atoms with Crippen molar-refractivity contribution in [2.24, 2.45) is 7.05 Å². The number of hydrogen-bond acceptors (Lipinski definition) is 4. The Morgan fingerprint density at radius 2 is 1.68 bits per heavy atom. The van der Waals surface area contributed by atoms with Gasteiger partial charge in [0.15, 0.2) is 0 Å². The lowest BCUT2D eigenvalue weighted by atomic mass is 10.3. The summed E-state index contributed by atoms with van der Waals surface area (Å²) in [4.78, 5) is 27.4. The second-order valence-electron chi connectivity index (χ2n) is 7.55. The van der Waals surface area contributed by atoms with Gasteiger partial charge in [0.1, 0.15) is 11.4 Å². The maximum atomic E-state index is 12.9. The molecule has 1 aromatic heterocycles. The summed E-state index contributed by atoms with van der Waals surface area (Å²) in [5.74, 6) is 0.697. The molecule has 1 amide bonds. The smallest absolute Gasteiger partial charge is 0.295 e. The van der Waals surface area contributed by atoms with Crippen LogP contribution >= 0.6 is 0 Å². The second kappa shape index (κ2) is 10.6. The van der Waals surface area contributed by atoms with Gasteiger partial charge in [-0.25, -0.2) is 4.68 Å². The maximum absolute atomic E-state index is 12.9. The fourth-order valence-corrected chi connectivity index (χ4v) is 3.36. The number of nitrogens with one attached hydrogen (secondary N) is 1. The molecule has 3 rings (SSSR count). The Morgan fingerprint density at radius 1 is 1.03 bits per heavy atom. The maximum Gasteiger partial charge on any atom is 0.295 e. The highest BCUT2D eigenvalue weighted by Gasteiger charge is 2.18. The molecule has 2 aromatic carbocycles. The number of ether oxygens (including phenoxy) is 1. The van der Waals surface area contributed by atoms with E-state index < -0.39 is 0 Å². The van der Waals surface area contributed by atoms with Gasteiger partial charge in [0.25, 0.3) is 5.56 Å². The molecule has 0 spiro atoms. The van der Waals surface area contributed by atoms with Crippen molar-refractivity contribution in [1.82, 2.24) is 14.3 Å². The summed E-state index contributed by atoms with van der Waals surface area (Å²) in [6.07, 6.45) is 1.18. The Balaban J connectivity index is 1.48. The van der Waals surface area contributed by atoms with Crippen LogP contribution in [0.5, 0.6) is 5.75 Å². The van der Waals surface area contributed by atoms with Crippen LogP contribution < -0.4 is 15.6 Å². The van der Waals surface area contributed by atoms with Gasteiger partial charge in [0.05, 0.1) is 18.0 Å². The number of hydrogen-bond donors (Lipinski definition) is 1. The average molecular weight is 423 g/mol. The molecule has 3 aromatic rings. The Hall–Kier alpha value is -3.32. The number of aromatic nitrogens is 2. The fraction of sp³-hybridized carbons (Fsp3) is 0.333. The lowest BCUT2D eigenvalue weighted by Crippen LogP contribution is -2.27. The van der Waals surface area contributed by atoms with Crippen molar-refractivity contribution in [3.8, 4) is 11.4 Å². The predicted octanol–water partition coefficient (Wildman–Crippen LogP) is 3.21. The van der Waals surface area contributed by atoms with Crippen LogP contribution in [0.4, 0.5) is 5.69 Å². The third-order valence-electron chi connectivity index (χ3n) is 5.24. The van der Waals surface area contributed by atoms with Crippen molar-refractivity contribution in [1.29, 1.82) is 0 Å². The van der Waals surface area contributed by atoms with E-state index >= 15 is 0 Å². The number of carbonyl (C=O) groups excluding carboxylic acids is 1. The first kappa shape index (κ1) is 22.4. The lowest BCUT2D eigenvalue weighted by molar-refractivity contribution is -0.116. The SMILES string of the molecule is Cc1c(NC(=O)CCN(C)CCCOc2ccccc2)c(=O)n(-c2ccccc2)n1C. The lowest BCUT2D eigenvalue weighted by Gasteiger charge is -2.16. The Kier molecular flexibility index (Phi) is 7.67. The van der Waals surface area contributed by atoms with E-state index in [-0.39, 0.29) is 11.5 Å². The molecule has 7 heteroatoms. The highest BCUT2D eigenvalue weighted by Crippen LogP contribution is 2.14. The number of rotatable bonds is 10. The summed E-state index contributed by atoms with van der Waals surface area (Å²) >= 11 is 0. The summed E-state index contributed by atoms with van der Waals surface area (Å²) in [7, 11) is 3.79. The summed E-state index contributed by atoms with van der Waals surface area (Å²) in [6.45, 7) is 3.89. The molecule has 7 nitrogen and oxygen atoms in total. The van der Waals surface area contributed by atoms with Crippen molar-refractivity contribution in [3.05, 3.63) is 76.7 Å². The first-order valence-electron chi connectivity index (χ1n) is 10.5. The number of para-hydroxylation sites is 2. The molecule has 0 saturated heterocycles. The normalized spacial score (nSPS) is 11.0. The minimum atomic E-state index is -0.231. The topological polar surface area (TPSA) is 68.5 Å². The van der Waals surface area contributed by atoms with E-state index in [1.165, 1.54) is 0 Å². The van der Waals surface area contributed by atoms with Crippen molar-refractivity contribution in [3.63, 3.8) is 0 Å². The molecule has 0 aliphatic rings. The minimum absolute atomic E-state index is 0.168. The molecule has 31 heavy (non-hydrogen) atoms. The quantitative estimate of drug-likeness (QED) is 0.510. The number of amides is 1. The standard InChI is InChI=1S/C24H30N4O3/c1-19-23(24(30)28(27(19)3)20-11-6-4-7-12-20)25-22(29)15-17-26(2)16-10-18-31-21-13-8-5-9-14-21/h4-9,11-14H,10,15-18H2,1-3H3,(H,25,29). The van der Waals surface area contributed by atoms with Crippen LogP contribution in [0.1, 0.15) is 18.5 Å². The first-order valence-corrected chi connectivity index (χ1v) is 10.5. The third-order valence-corrected chi connectivity index (χ3v) is 5.24. The highest BCUT2D eigenvalue weighted by molar-refractivity contribution is 5.91. The van der Waals surface area contributed by atoms with Gasteiger partial charge in [0, 0.05) is 26.6 Å². The average Bonchev–Trinajstić information content (AvgIpc) is 2.99. The zero-order valence-electron chi connectivity index (χ0n) is 18.4. The molecule has 1 N–H and O–H groups in total. The van der Waals surface area contributed by atoms with Crippen LogP contribution in [0.25, 0.3) is 5.69 Å². The van der Waals surface area contributed by atoms with Gasteiger partial charge in [-0.3, -0.25) is 14.3 Å². The van der Waals surface area contributed by atoms with E-state index in [9.17, 15) is 9.59 Å². The molecule has 0 aliphatic heterocycles. The molecule has 1 heterocycles. The molecule has 0 unspecified atom stereocenters. The number of carbonyl (C=O) groups is 1. The second-order valence-corrected chi connectivity index (χ2v) is 7.55. The first-order chi connectivity index (χ1) is 15.0. The molecule has 0 fully saturated rings. The van der Waals surface area contributed by atoms with Gasteiger partial charge in [-0.2, -0.15) is 0 Å². The minimum Gasteiger partial charge on any atom is -0.494 e. The molecule has 0 aliphatic carbocycles. The number of benzene rings is 2. The van der Waals surface area contributed by atoms with Crippen LogP contribution in [-0.2, 0) is 11.8 Å². The largest absolute Gasteiger partial charge is 0.494 e. The Morgan fingerprint density at radius 3 is 2.35 bits per heavy atom. The third kappa shape index (κ3) is 5.86.